The summed E-state index contributed by atoms with van der Waals surface area (Å²) in [6, 6.07) is 12.6. The predicted molar refractivity (Wildman–Crippen MR) is 76.3 cm³/mol. The van der Waals surface area contributed by atoms with Gasteiger partial charge in [0.2, 0.25) is 0 Å². The van der Waals surface area contributed by atoms with E-state index in [2.05, 4.69) is 6.58 Å². The average Bonchev–Trinajstić information content (AvgIpc) is 2.52. The largest absolute Gasteiger partial charge is 0.417 e. The molecule has 2 aromatic carbocycles. The molecule has 0 unspecified atom stereocenters. The number of hydrogen-bond acceptors (Lipinski definition) is 2. The van der Waals surface area contributed by atoms with Crippen molar-refractivity contribution >= 4 is 5.78 Å². The Morgan fingerprint density at radius 2 is 1.55 bits per heavy atom. The van der Waals surface area contributed by atoms with Gasteiger partial charge in [0.15, 0.2) is 5.78 Å². The van der Waals surface area contributed by atoms with Gasteiger partial charge in [-0.15, -0.1) is 0 Å². The SMILES string of the molecule is C=C(C(=O)c1ccccc1C(F)(F)F)[C@@H](O)c1ccccc1. The van der Waals surface area contributed by atoms with Gasteiger partial charge in [-0.1, -0.05) is 55.1 Å². The third kappa shape index (κ3) is 3.26. The van der Waals surface area contributed by atoms with Crippen LogP contribution in [0, 0.1) is 0 Å². The van der Waals surface area contributed by atoms with Crippen LogP contribution in [0.25, 0.3) is 0 Å². The lowest BCUT2D eigenvalue weighted by atomic mass is 9.93. The van der Waals surface area contributed by atoms with Gasteiger partial charge < -0.3 is 5.11 Å². The van der Waals surface area contributed by atoms with E-state index in [4.69, 9.17) is 0 Å². The molecule has 1 atom stereocenters. The minimum atomic E-state index is -4.65. The molecule has 5 heteroatoms. The summed E-state index contributed by atoms with van der Waals surface area (Å²) >= 11 is 0. The molecule has 2 aromatic rings. The Balaban J connectivity index is 2.35. The Bertz CT molecular complexity index is 691. The van der Waals surface area contributed by atoms with Crippen molar-refractivity contribution in [1.82, 2.24) is 0 Å². The number of carbonyl (C=O) groups is 1. The quantitative estimate of drug-likeness (QED) is 0.679. The van der Waals surface area contributed by atoms with Gasteiger partial charge in [0.05, 0.1) is 5.56 Å². The first-order valence-electron chi connectivity index (χ1n) is 6.45. The zero-order chi connectivity index (χ0) is 16.3. The molecule has 0 amide bonds. The number of aliphatic hydroxyl groups is 1. The molecule has 2 rings (SSSR count). The van der Waals surface area contributed by atoms with Crippen molar-refractivity contribution in [3.63, 3.8) is 0 Å². The van der Waals surface area contributed by atoms with Crippen LogP contribution < -0.4 is 0 Å². The number of Topliss-reactive ketones (excluding diaryl/α,β-unsaturated/α-hetero) is 1. The van der Waals surface area contributed by atoms with E-state index in [0.29, 0.717) is 5.56 Å². The summed E-state index contributed by atoms with van der Waals surface area (Å²) in [5, 5.41) is 10.1. The second kappa shape index (κ2) is 6.15. The average molecular weight is 306 g/mol. The minimum absolute atomic E-state index is 0.303. The maximum Gasteiger partial charge on any atom is 0.417 e. The van der Waals surface area contributed by atoms with Crippen molar-refractivity contribution < 1.29 is 23.1 Å². The van der Waals surface area contributed by atoms with Gasteiger partial charge in [0, 0.05) is 11.1 Å². The number of hydrogen-bond donors (Lipinski definition) is 1. The number of ketones is 1. The highest BCUT2D eigenvalue weighted by Gasteiger charge is 2.35. The molecule has 0 radical (unpaired) electrons. The summed E-state index contributed by atoms with van der Waals surface area (Å²) in [5.41, 5.74) is -1.47. The van der Waals surface area contributed by atoms with Gasteiger partial charge in [0.25, 0.3) is 0 Å². The van der Waals surface area contributed by atoms with Gasteiger partial charge in [-0.3, -0.25) is 4.79 Å². The third-order valence-corrected chi connectivity index (χ3v) is 3.21. The van der Waals surface area contributed by atoms with Crippen LogP contribution in [-0.4, -0.2) is 10.9 Å². The second-order valence-corrected chi connectivity index (χ2v) is 4.71. The van der Waals surface area contributed by atoms with E-state index in [1.165, 1.54) is 12.1 Å². The summed E-state index contributed by atoms with van der Waals surface area (Å²) in [5.74, 6) is -0.927. The Morgan fingerprint density at radius 3 is 2.14 bits per heavy atom. The fourth-order valence-electron chi connectivity index (χ4n) is 2.06. The summed E-state index contributed by atoms with van der Waals surface area (Å²) in [4.78, 5) is 12.3. The first kappa shape index (κ1) is 16.0. The van der Waals surface area contributed by atoms with E-state index >= 15 is 0 Å². The number of halogens is 3. The molecule has 114 valence electrons. The number of rotatable bonds is 4. The smallest absolute Gasteiger partial charge is 0.384 e. The van der Waals surface area contributed by atoms with Crippen molar-refractivity contribution in [2.24, 2.45) is 0 Å². The van der Waals surface area contributed by atoms with Crippen LogP contribution in [0.3, 0.4) is 0 Å². The predicted octanol–water partition coefficient (Wildman–Crippen LogP) is 4.18. The second-order valence-electron chi connectivity index (χ2n) is 4.71. The highest BCUT2D eigenvalue weighted by atomic mass is 19.4. The van der Waals surface area contributed by atoms with E-state index in [1.807, 2.05) is 0 Å². The molecule has 1 N–H and O–H groups in total. The Hall–Kier alpha value is -2.40. The van der Waals surface area contributed by atoms with Gasteiger partial charge in [-0.2, -0.15) is 13.2 Å². The highest BCUT2D eigenvalue weighted by Crippen LogP contribution is 2.34. The van der Waals surface area contributed by atoms with Crippen LogP contribution >= 0.6 is 0 Å². The van der Waals surface area contributed by atoms with Crippen molar-refractivity contribution in [2.75, 3.05) is 0 Å². The molecule has 0 aliphatic carbocycles. The lowest BCUT2D eigenvalue weighted by Crippen LogP contribution is -2.17. The summed E-state index contributed by atoms with van der Waals surface area (Å²) < 4.78 is 38.9. The zero-order valence-electron chi connectivity index (χ0n) is 11.5. The van der Waals surface area contributed by atoms with E-state index < -0.39 is 29.2 Å². The number of carbonyl (C=O) groups excluding carboxylic acids is 1. The molecule has 2 nitrogen and oxygen atoms in total. The molecule has 0 saturated heterocycles. The van der Waals surface area contributed by atoms with E-state index in [0.717, 1.165) is 12.1 Å². The van der Waals surface area contributed by atoms with Gasteiger partial charge >= 0.3 is 6.18 Å². The van der Waals surface area contributed by atoms with Gasteiger partial charge in [-0.25, -0.2) is 0 Å². The Kier molecular flexibility index (Phi) is 4.47. The lowest BCUT2D eigenvalue weighted by molar-refractivity contribution is -0.137. The number of benzene rings is 2. The normalized spacial score (nSPS) is 12.7. The molecule has 22 heavy (non-hydrogen) atoms. The van der Waals surface area contributed by atoms with Crippen molar-refractivity contribution in [3.8, 4) is 0 Å². The first-order chi connectivity index (χ1) is 10.3. The molecule has 0 heterocycles. The van der Waals surface area contributed by atoms with Crippen molar-refractivity contribution in [2.45, 2.75) is 12.3 Å². The molecule has 0 bridgehead atoms. The van der Waals surface area contributed by atoms with Crippen LogP contribution in [-0.2, 0) is 6.18 Å². The first-order valence-corrected chi connectivity index (χ1v) is 6.45. The van der Waals surface area contributed by atoms with Crippen LogP contribution in [0.1, 0.15) is 27.6 Å². The third-order valence-electron chi connectivity index (χ3n) is 3.21. The molecule has 0 aromatic heterocycles. The molecular weight excluding hydrogens is 293 g/mol. The monoisotopic (exact) mass is 306 g/mol. The fourth-order valence-corrected chi connectivity index (χ4v) is 2.06. The van der Waals surface area contributed by atoms with Crippen molar-refractivity contribution in [3.05, 3.63) is 83.4 Å². The van der Waals surface area contributed by atoms with Gasteiger partial charge in [0.1, 0.15) is 6.10 Å². The number of aliphatic hydroxyl groups excluding tert-OH is 1. The Labute approximate surface area is 125 Å². The van der Waals surface area contributed by atoms with Crippen LogP contribution in [0.5, 0.6) is 0 Å². The zero-order valence-corrected chi connectivity index (χ0v) is 11.5. The summed E-state index contributed by atoms with van der Waals surface area (Å²) in [6.45, 7) is 3.46. The van der Waals surface area contributed by atoms with Crippen molar-refractivity contribution in [1.29, 1.82) is 0 Å². The minimum Gasteiger partial charge on any atom is -0.384 e. The fraction of sp³-hybridized carbons (Fsp3) is 0.118. The van der Waals surface area contributed by atoms with Gasteiger partial charge in [-0.05, 0) is 11.6 Å². The topological polar surface area (TPSA) is 37.3 Å². The standard InChI is InChI=1S/C17H13F3O2/c1-11(15(21)12-7-3-2-4-8-12)16(22)13-9-5-6-10-14(13)17(18,19)20/h2-10,15,21H,1H2/t15-/m1/s1. The number of alkyl halides is 3. The Morgan fingerprint density at radius 1 is 1.00 bits per heavy atom. The van der Waals surface area contributed by atoms with E-state index in [-0.39, 0.29) is 5.57 Å². The molecule has 0 fully saturated rings. The molecule has 0 saturated carbocycles. The lowest BCUT2D eigenvalue weighted by Gasteiger charge is -2.16. The molecule has 0 aliphatic rings. The maximum atomic E-state index is 13.0. The summed E-state index contributed by atoms with van der Waals surface area (Å²) in [6.07, 6.45) is -6.00. The van der Waals surface area contributed by atoms with Crippen LogP contribution in [0.4, 0.5) is 13.2 Å². The van der Waals surface area contributed by atoms with Crippen LogP contribution in [0.2, 0.25) is 0 Å². The van der Waals surface area contributed by atoms with Crippen LogP contribution in [0.15, 0.2) is 66.7 Å². The van der Waals surface area contributed by atoms with E-state index in [1.54, 1.807) is 30.3 Å². The molecular formula is C17H13F3O2. The maximum absolute atomic E-state index is 13.0. The molecule has 0 aliphatic heterocycles. The molecule has 0 spiro atoms. The summed E-state index contributed by atoms with van der Waals surface area (Å²) in [7, 11) is 0. The highest BCUT2D eigenvalue weighted by molar-refractivity contribution is 6.10. The van der Waals surface area contributed by atoms with E-state index in [9.17, 15) is 23.1 Å².